The second kappa shape index (κ2) is 7.63. The molecule has 0 bridgehead atoms. The molecular weight excluding hydrogens is 417 g/mol. The monoisotopic (exact) mass is 430 g/mol. The van der Waals surface area contributed by atoms with E-state index >= 15 is 0 Å². The molecule has 0 saturated carbocycles. The molecule has 2 rings (SSSR count). The molecule has 1 amide bonds. The fraction of sp³-hybridized carbons (Fsp3) is 0.462. The maximum Gasteiger partial charge on any atom is 0.282 e. The number of carbonyl (C=O) groups excluding carboxylic acids is 1. The van der Waals surface area contributed by atoms with Crippen LogP contribution in [0.4, 0.5) is 5.69 Å². The molecule has 0 spiro atoms. The summed E-state index contributed by atoms with van der Waals surface area (Å²) in [6, 6.07) is 4.99. The first-order valence-electron chi connectivity index (χ1n) is 7.16. The first-order chi connectivity index (χ1) is 11.5. The van der Waals surface area contributed by atoms with Gasteiger partial charge in [-0.2, -0.15) is 0 Å². The van der Waals surface area contributed by atoms with Crippen molar-refractivity contribution >= 4 is 56.2 Å². The number of rotatable bonds is 5. The zero-order valence-electron chi connectivity index (χ0n) is 12.7. The van der Waals surface area contributed by atoms with Crippen molar-refractivity contribution in [2.75, 3.05) is 11.5 Å². The Labute approximate surface area is 158 Å². The van der Waals surface area contributed by atoms with Gasteiger partial charge < -0.3 is 5.32 Å². The highest BCUT2D eigenvalue weighted by Gasteiger charge is 2.42. The Kier molecular flexibility index (Phi) is 6.16. The van der Waals surface area contributed by atoms with Crippen LogP contribution in [0.1, 0.15) is 16.8 Å². The van der Waals surface area contributed by atoms with E-state index in [1.165, 1.54) is 29.6 Å². The Morgan fingerprint density at radius 1 is 1.36 bits per heavy atom. The molecule has 25 heavy (non-hydrogen) atoms. The standard InChI is InChI=1S/C13H14Cl3N3O5S/c14-13(15,16)12(17-8-5-6-25(23,24)7-8)18-11(20)9-3-1-2-4-10(9)19(21)22/h1-4,8,12,17H,5-7H2,(H,18,20)/p+1/t8-,12-/m1/s1. The predicted molar refractivity (Wildman–Crippen MR) is 93.6 cm³/mol. The van der Waals surface area contributed by atoms with Crippen molar-refractivity contribution in [1.82, 2.24) is 5.32 Å². The van der Waals surface area contributed by atoms with Crippen LogP contribution < -0.4 is 10.6 Å². The van der Waals surface area contributed by atoms with E-state index in [2.05, 4.69) is 5.32 Å². The molecule has 0 aromatic heterocycles. The van der Waals surface area contributed by atoms with Crippen LogP contribution in [0.15, 0.2) is 24.3 Å². The molecule has 1 aromatic carbocycles. The minimum atomic E-state index is -3.15. The average Bonchev–Trinajstić information content (AvgIpc) is 2.84. The normalized spacial score (nSPS) is 20.8. The summed E-state index contributed by atoms with van der Waals surface area (Å²) in [5.41, 5.74) is -0.564. The lowest BCUT2D eigenvalue weighted by molar-refractivity contribution is -0.719. The number of quaternary nitrogens is 1. The molecule has 0 unspecified atom stereocenters. The lowest BCUT2D eigenvalue weighted by atomic mass is 10.1. The van der Waals surface area contributed by atoms with E-state index in [-0.39, 0.29) is 28.8 Å². The summed E-state index contributed by atoms with van der Waals surface area (Å²) in [5, 5.41) is 14.9. The van der Waals surface area contributed by atoms with Crippen molar-refractivity contribution in [2.24, 2.45) is 0 Å². The van der Waals surface area contributed by atoms with Crippen molar-refractivity contribution < 1.29 is 23.5 Å². The number of sulfone groups is 1. The van der Waals surface area contributed by atoms with Gasteiger partial charge in [0.15, 0.2) is 9.84 Å². The molecule has 1 saturated heterocycles. The number of nitrogens with one attached hydrogen (secondary N) is 1. The van der Waals surface area contributed by atoms with Crippen LogP contribution in [0.2, 0.25) is 0 Å². The minimum Gasteiger partial charge on any atom is -0.320 e. The van der Waals surface area contributed by atoms with Gasteiger partial charge in [-0.3, -0.25) is 20.2 Å². The van der Waals surface area contributed by atoms with Crippen LogP contribution in [0.5, 0.6) is 0 Å². The number of halogens is 3. The average molecular weight is 432 g/mol. The molecule has 1 aromatic rings. The van der Waals surface area contributed by atoms with Crippen LogP contribution in [-0.4, -0.2) is 46.8 Å². The first kappa shape index (κ1) is 20.2. The minimum absolute atomic E-state index is 0.0266. The summed E-state index contributed by atoms with van der Waals surface area (Å²) in [4.78, 5) is 22.7. The molecule has 3 N–H and O–H groups in total. The third kappa shape index (κ3) is 5.42. The Hall–Kier alpha value is -1.13. The molecule has 1 heterocycles. The SMILES string of the molecule is O=C(N[C@@H]([NH2+][C@@H]1CCS(=O)(=O)C1)C(Cl)(Cl)Cl)c1ccccc1[N+](=O)[O-]. The van der Waals surface area contributed by atoms with Crippen LogP contribution in [-0.2, 0) is 9.84 Å². The lowest BCUT2D eigenvalue weighted by Gasteiger charge is -2.25. The number of para-hydroxylation sites is 1. The molecule has 1 aliphatic heterocycles. The van der Waals surface area contributed by atoms with Crippen LogP contribution in [0.25, 0.3) is 0 Å². The number of hydrogen-bond donors (Lipinski definition) is 2. The summed E-state index contributed by atoms with van der Waals surface area (Å²) in [6.45, 7) is 0. The van der Waals surface area contributed by atoms with Gasteiger partial charge in [-0.05, 0) is 6.07 Å². The van der Waals surface area contributed by atoms with E-state index in [4.69, 9.17) is 34.8 Å². The number of nitro benzene ring substituents is 1. The Morgan fingerprint density at radius 3 is 2.52 bits per heavy atom. The van der Waals surface area contributed by atoms with E-state index in [1.54, 1.807) is 0 Å². The van der Waals surface area contributed by atoms with Gasteiger partial charge in [0, 0.05) is 12.5 Å². The van der Waals surface area contributed by atoms with Crippen molar-refractivity contribution in [3.05, 3.63) is 39.9 Å². The topological polar surface area (TPSA) is 123 Å². The fourth-order valence-electron chi connectivity index (χ4n) is 2.53. The Bertz CT molecular complexity index is 781. The van der Waals surface area contributed by atoms with E-state index in [0.29, 0.717) is 6.42 Å². The molecule has 1 fully saturated rings. The largest absolute Gasteiger partial charge is 0.320 e. The second-order valence-electron chi connectivity index (χ2n) is 5.62. The van der Waals surface area contributed by atoms with Gasteiger partial charge in [0.1, 0.15) is 17.4 Å². The lowest BCUT2D eigenvalue weighted by Crippen LogP contribution is -3.00. The highest BCUT2D eigenvalue weighted by atomic mass is 35.6. The summed E-state index contributed by atoms with van der Waals surface area (Å²) in [7, 11) is -3.15. The Morgan fingerprint density at radius 2 is 2.00 bits per heavy atom. The maximum atomic E-state index is 12.4. The van der Waals surface area contributed by atoms with Gasteiger partial charge in [0.25, 0.3) is 15.4 Å². The molecule has 0 radical (unpaired) electrons. The summed E-state index contributed by atoms with van der Waals surface area (Å²) >= 11 is 17.7. The van der Waals surface area contributed by atoms with E-state index in [0.717, 1.165) is 0 Å². The zero-order valence-corrected chi connectivity index (χ0v) is 15.8. The smallest absolute Gasteiger partial charge is 0.282 e. The summed E-state index contributed by atoms with van der Waals surface area (Å²) < 4.78 is 21.2. The molecule has 2 atom stereocenters. The second-order valence-corrected chi connectivity index (χ2v) is 10.2. The highest BCUT2D eigenvalue weighted by molar-refractivity contribution is 7.91. The number of nitrogens with two attached hydrogens (primary N) is 1. The van der Waals surface area contributed by atoms with Crippen molar-refractivity contribution in [2.45, 2.75) is 22.4 Å². The van der Waals surface area contributed by atoms with Crippen molar-refractivity contribution in [1.29, 1.82) is 0 Å². The first-order valence-corrected chi connectivity index (χ1v) is 10.1. The van der Waals surface area contributed by atoms with E-state index in [1.807, 2.05) is 0 Å². The molecule has 138 valence electrons. The fourth-order valence-corrected chi connectivity index (χ4v) is 4.67. The van der Waals surface area contributed by atoms with Crippen molar-refractivity contribution in [3.63, 3.8) is 0 Å². The van der Waals surface area contributed by atoms with Gasteiger partial charge in [-0.1, -0.05) is 46.9 Å². The van der Waals surface area contributed by atoms with Crippen LogP contribution in [0.3, 0.4) is 0 Å². The van der Waals surface area contributed by atoms with Crippen LogP contribution >= 0.6 is 34.8 Å². The van der Waals surface area contributed by atoms with Gasteiger partial charge in [-0.15, -0.1) is 0 Å². The van der Waals surface area contributed by atoms with E-state index < -0.39 is 30.6 Å². The molecule has 8 nitrogen and oxygen atoms in total. The Balaban J connectivity index is 2.18. The third-order valence-corrected chi connectivity index (χ3v) is 6.22. The van der Waals surface area contributed by atoms with Gasteiger partial charge >= 0.3 is 0 Å². The van der Waals surface area contributed by atoms with E-state index in [9.17, 15) is 23.3 Å². The third-order valence-electron chi connectivity index (χ3n) is 3.72. The number of hydrogen-bond acceptors (Lipinski definition) is 5. The zero-order chi connectivity index (χ0) is 18.8. The number of nitrogens with zero attached hydrogens (tertiary/aromatic N) is 1. The quantitative estimate of drug-likeness (QED) is 0.308. The van der Waals surface area contributed by atoms with Gasteiger partial charge in [0.2, 0.25) is 6.17 Å². The van der Waals surface area contributed by atoms with Crippen molar-refractivity contribution in [3.8, 4) is 0 Å². The number of alkyl halides is 3. The number of nitro groups is 1. The molecular formula is C13H15Cl3N3O5S+. The summed E-state index contributed by atoms with van der Waals surface area (Å²) in [5.74, 6) is -0.856. The van der Waals surface area contributed by atoms with Crippen LogP contribution in [0, 0.1) is 10.1 Å². The number of benzene rings is 1. The predicted octanol–water partition coefficient (Wildman–Crippen LogP) is 0.771. The van der Waals surface area contributed by atoms with Gasteiger partial charge in [-0.25, -0.2) is 8.42 Å². The molecule has 1 aliphatic rings. The molecule has 0 aliphatic carbocycles. The number of carbonyl (C=O) groups is 1. The number of amides is 1. The molecule has 12 heteroatoms. The maximum absolute atomic E-state index is 12.4. The highest BCUT2D eigenvalue weighted by Crippen LogP contribution is 2.28. The summed E-state index contributed by atoms with van der Waals surface area (Å²) in [6.07, 6.45) is -0.746. The van der Waals surface area contributed by atoms with Gasteiger partial charge in [0.05, 0.1) is 10.7 Å².